The number of hydrogen-bond donors (Lipinski definition) is 1. The Hall–Kier alpha value is 0.559. The summed E-state index contributed by atoms with van der Waals surface area (Å²) in [6.07, 6.45) is 4.81. The van der Waals surface area contributed by atoms with E-state index in [4.69, 9.17) is 5.11 Å². The van der Waals surface area contributed by atoms with Crippen LogP contribution < -0.4 is 0 Å². The average molecular weight is 281 g/mol. The van der Waals surface area contributed by atoms with E-state index in [1.165, 1.54) is 25.7 Å². The van der Waals surface area contributed by atoms with Crippen LogP contribution in [0.2, 0.25) is 8.87 Å². The van der Waals surface area contributed by atoms with Gasteiger partial charge < -0.3 is 5.11 Å². The SMILES string of the molecule is CCC[CH2][Sn](=[O])[CH2]CCC.CO. The largest absolute Gasteiger partial charge is 0.400 e. The van der Waals surface area contributed by atoms with Crippen LogP contribution in [0.3, 0.4) is 0 Å². The molecular formula is C9H22O2Sn. The first-order valence-electron chi connectivity index (χ1n) is 4.77. The number of aliphatic hydroxyl groups is 1. The first-order valence-corrected chi connectivity index (χ1v) is 9.97. The van der Waals surface area contributed by atoms with Crippen molar-refractivity contribution in [2.45, 2.75) is 48.4 Å². The van der Waals surface area contributed by atoms with E-state index < -0.39 is 19.7 Å². The van der Waals surface area contributed by atoms with Crippen molar-refractivity contribution in [3.05, 3.63) is 0 Å². The van der Waals surface area contributed by atoms with Crippen LogP contribution in [0.1, 0.15) is 39.5 Å². The van der Waals surface area contributed by atoms with Crippen molar-refractivity contribution < 1.29 is 8.18 Å². The second-order valence-corrected chi connectivity index (χ2v) is 8.67. The summed E-state index contributed by atoms with van der Waals surface area (Å²) in [6.45, 7) is 4.33. The normalized spacial score (nSPS) is 8.67. The van der Waals surface area contributed by atoms with Gasteiger partial charge in [-0.3, -0.25) is 0 Å². The van der Waals surface area contributed by atoms with Gasteiger partial charge >= 0.3 is 71.2 Å². The Morgan fingerprint density at radius 3 is 1.58 bits per heavy atom. The minimum absolute atomic E-state index is 1.00. The molecule has 12 heavy (non-hydrogen) atoms. The van der Waals surface area contributed by atoms with Gasteiger partial charge in [0.2, 0.25) is 0 Å². The molecule has 0 heterocycles. The minimum atomic E-state index is -1.99. The summed E-state index contributed by atoms with van der Waals surface area (Å²) in [4.78, 5) is 0. The molecule has 0 aliphatic carbocycles. The van der Waals surface area contributed by atoms with Gasteiger partial charge in [-0.1, -0.05) is 0 Å². The maximum atomic E-state index is 11.2. The zero-order chi connectivity index (χ0) is 9.82. The fourth-order valence-electron chi connectivity index (χ4n) is 0.873. The van der Waals surface area contributed by atoms with E-state index in [9.17, 15) is 3.08 Å². The molecule has 0 bridgehead atoms. The van der Waals surface area contributed by atoms with Gasteiger partial charge in [-0.15, -0.1) is 0 Å². The van der Waals surface area contributed by atoms with Crippen LogP contribution in [0.5, 0.6) is 0 Å². The smallest absolute Gasteiger partial charge is 0.0319 e. The van der Waals surface area contributed by atoms with Gasteiger partial charge in [0.15, 0.2) is 0 Å². The van der Waals surface area contributed by atoms with Gasteiger partial charge in [0.05, 0.1) is 0 Å². The summed E-state index contributed by atoms with van der Waals surface area (Å²) in [7, 11) is 1.00. The first-order chi connectivity index (χ1) is 5.81. The molecule has 2 nitrogen and oxygen atoms in total. The zero-order valence-electron chi connectivity index (χ0n) is 8.60. The van der Waals surface area contributed by atoms with Crippen molar-refractivity contribution in [2.24, 2.45) is 0 Å². The summed E-state index contributed by atoms with van der Waals surface area (Å²) in [5.74, 6) is 0. The minimum Gasteiger partial charge on any atom is -0.400 e. The van der Waals surface area contributed by atoms with Gasteiger partial charge in [0, 0.05) is 7.11 Å². The predicted octanol–water partition coefficient (Wildman–Crippen LogP) is 2.62. The monoisotopic (exact) mass is 282 g/mol. The molecule has 0 aromatic rings. The average Bonchev–Trinajstić information content (AvgIpc) is 2.14. The second-order valence-electron chi connectivity index (χ2n) is 2.75. The third-order valence-electron chi connectivity index (χ3n) is 1.62. The molecule has 0 rings (SSSR count). The zero-order valence-corrected chi connectivity index (χ0v) is 11.5. The van der Waals surface area contributed by atoms with E-state index in [2.05, 4.69) is 13.8 Å². The number of unbranched alkanes of at least 4 members (excludes halogenated alkanes) is 2. The van der Waals surface area contributed by atoms with Crippen LogP contribution in [-0.2, 0) is 3.08 Å². The Labute approximate surface area is 83.5 Å². The summed E-state index contributed by atoms with van der Waals surface area (Å²) in [5, 5.41) is 7.00. The quantitative estimate of drug-likeness (QED) is 0.760. The first kappa shape index (κ1) is 15.1. The fraction of sp³-hybridized carbons (Fsp3) is 1.00. The van der Waals surface area contributed by atoms with Crippen molar-refractivity contribution >= 4 is 19.7 Å². The molecule has 0 aliphatic rings. The van der Waals surface area contributed by atoms with E-state index in [-0.39, 0.29) is 0 Å². The van der Waals surface area contributed by atoms with E-state index in [0.29, 0.717) is 0 Å². The van der Waals surface area contributed by atoms with Crippen LogP contribution in [0, 0.1) is 0 Å². The molecule has 0 spiro atoms. The molecule has 0 aromatic heterocycles. The van der Waals surface area contributed by atoms with E-state index >= 15 is 0 Å². The van der Waals surface area contributed by atoms with Crippen LogP contribution in [-0.4, -0.2) is 32.0 Å². The molecule has 74 valence electrons. The Balaban J connectivity index is 0. The topological polar surface area (TPSA) is 37.3 Å². The standard InChI is InChI=1S/2C4H9.CH4O.O.Sn/c2*1-3-4-2;1-2;;/h2*1,3-4H2,2H3;2H,1H3;;. The molecule has 0 saturated carbocycles. The van der Waals surface area contributed by atoms with Crippen molar-refractivity contribution in [2.75, 3.05) is 7.11 Å². The van der Waals surface area contributed by atoms with Crippen molar-refractivity contribution in [3.63, 3.8) is 0 Å². The summed E-state index contributed by atoms with van der Waals surface area (Å²) in [5.41, 5.74) is 0. The fourth-order valence-corrected chi connectivity index (χ4v) is 5.86. The van der Waals surface area contributed by atoms with Crippen LogP contribution in [0.15, 0.2) is 0 Å². The van der Waals surface area contributed by atoms with Gasteiger partial charge in [-0.25, -0.2) is 0 Å². The van der Waals surface area contributed by atoms with E-state index in [1.807, 2.05) is 0 Å². The number of rotatable bonds is 6. The van der Waals surface area contributed by atoms with Crippen molar-refractivity contribution in [3.8, 4) is 0 Å². The second kappa shape index (κ2) is 14.1. The molecule has 0 aliphatic heterocycles. The Bertz CT molecular complexity index is 84.5. The van der Waals surface area contributed by atoms with E-state index in [1.54, 1.807) is 0 Å². The van der Waals surface area contributed by atoms with E-state index in [0.717, 1.165) is 16.0 Å². The molecule has 0 atom stereocenters. The summed E-state index contributed by atoms with van der Waals surface area (Å²) >= 11 is -1.99. The van der Waals surface area contributed by atoms with Gasteiger partial charge in [0.1, 0.15) is 0 Å². The summed E-state index contributed by atoms with van der Waals surface area (Å²) < 4.78 is 13.4. The maximum Gasteiger partial charge on any atom is 0.0319 e. The molecule has 0 aromatic carbocycles. The van der Waals surface area contributed by atoms with Crippen LogP contribution >= 0.6 is 0 Å². The molecule has 0 saturated heterocycles. The van der Waals surface area contributed by atoms with Crippen LogP contribution in [0.4, 0.5) is 0 Å². The summed E-state index contributed by atoms with van der Waals surface area (Å²) in [6, 6.07) is 0. The molecule has 0 fully saturated rings. The third-order valence-corrected chi connectivity index (χ3v) is 6.82. The molecular weight excluding hydrogens is 259 g/mol. The van der Waals surface area contributed by atoms with Crippen LogP contribution in [0.25, 0.3) is 0 Å². The van der Waals surface area contributed by atoms with Crippen molar-refractivity contribution in [1.82, 2.24) is 0 Å². The Morgan fingerprint density at radius 1 is 1.00 bits per heavy atom. The molecule has 0 amide bonds. The molecule has 3 heteroatoms. The molecule has 0 unspecified atom stereocenters. The maximum absolute atomic E-state index is 11.2. The van der Waals surface area contributed by atoms with Gasteiger partial charge in [-0.05, 0) is 0 Å². The predicted molar refractivity (Wildman–Crippen MR) is 54.0 cm³/mol. The Kier molecular flexibility index (Phi) is 17.7. The number of aliphatic hydroxyl groups excluding tert-OH is 1. The molecule has 1 N–H and O–H groups in total. The van der Waals surface area contributed by atoms with Gasteiger partial charge in [0.25, 0.3) is 0 Å². The third kappa shape index (κ3) is 13.2. The number of hydrogen-bond acceptors (Lipinski definition) is 2. The van der Waals surface area contributed by atoms with Gasteiger partial charge in [-0.2, -0.15) is 0 Å². The van der Waals surface area contributed by atoms with Crippen molar-refractivity contribution in [1.29, 1.82) is 0 Å². The Morgan fingerprint density at radius 2 is 1.33 bits per heavy atom. The molecule has 0 radical (unpaired) electrons.